The topological polar surface area (TPSA) is 70.7 Å². The van der Waals surface area contributed by atoms with Crippen LogP contribution < -0.4 is 15.4 Å². The zero-order chi connectivity index (χ0) is 20.0. The minimum atomic E-state index is -0.393. The number of nitrogens with one attached hydrogen (secondary N) is 2. The molecule has 0 spiro atoms. The number of hydrogen-bond donors (Lipinski definition) is 2. The quantitative estimate of drug-likeness (QED) is 0.784. The molecule has 2 aromatic carbocycles. The van der Waals surface area contributed by atoms with Crippen LogP contribution in [0.15, 0.2) is 42.5 Å². The van der Waals surface area contributed by atoms with E-state index in [1.807, 2.05) is 38.1 Å². The Bertz CT molecular complexity index is 824. The molecule has 0 saturated carbocycles. The highest BCUT2D eigenvalue weighted by molar-refractivity contribution is 6.31. The number of carbonyl (C=O) groups is 2. The lowest BCUT2D eigenvalue weighted by Crippen LogP contribution is -2.31. The summed E-state index contributed by atoms with van der Waals surface area (Å²) in [5.41, 5.74) is 2.26. The van der Waals surface area contributed by atoms with Gasteiger partial charge in [-0.2, -0.15) is 0 Å². The van der Waals surface area contributed by atoms with Crippen molar-refractivity contribution in [1.29, 1.82) is 0 Å². The molecule has 0 bridgehead atoms. The number of hydrogen-bond acceptors (Lipinski definition) is 3. The van der Waals surface area contributed by atoms with Crippen LogP contribution in [0.25, 0.3) is 0 Å². The highest BCUT2D eigenvalue weighted by Gasteiger charge is 2.15. The molecule has 2 rings (SSSR count). The summed E-state index contributed by atoms with van der Waals surface area (Å²) in [6.07, 6.45) is 0. The van der Waals surface area contributed by atoms with Crippen LogP contribution in [0, 0.1) is 6.92 Å². The maximum atomic E-state index is 12.4. The van der Waals surface area contributed by atoms with Gasteiger partial charge in [0.05, 0.1) is 11.7 Å². The Kier molecular flexibility index (Phi) is 7.07. The van der Waals surface area contributed by atoms with Crippen molar-refractivity contribution in [2.75, 3.05) is 26.0 Å². The van der Waals surface area contributed by atoms with E-state index in [1.54, 1.807) is 32.3 Å². The van der Waals surface area contributed by atoms with Gasteiger partial charge in [0, 0.05) is 19.1 Å². The average molecular weight is 390 g/mol. The van der Waals surface area contributed by atoms with Crippen molar-refractivity contribution >= 4 is 29.2 Å². The maximum Gasteiger partial charge on any atom is 0.319 e. The molecule has 3 amide bonds. The van der Waals surface area contributed by atoms with Crippen molar-refractivity contribution in [2.45, 2.75) is 19.9 Å². The van der Waals surface area contributed by atoms with Gasteiger partial charge in [0.25, 0.3) is 5.91 Å². The van der Waals surface area contributed by atoms with E-state index in [2.05, 4.69) is 10.6 Å². The molecule has 2 aromatic rings. The number of urea groups is 1. The van der Waals surface area contributed by atoms with Gasteiger partial charge in [-0.05, 0) is 43.2 Å². The van der Waals surface area contributed by atoms with E-state index < -0.39 is 6.03 Å². The molecule has 7 heteroatoms. The van der Waals surface area contributed by atoms with Crippen LogP contribution in [0.4, 0.5) is 10.5 Å². The lowest BCUT2D eigenvalue weighted by atomic mass is 10.1. The Morgan fingerprint density at radius 3 is 2.56 bits per heavy atom. The number of likely N-dealkylation sites (N-methyl/N-ethyl adjacent to an activating group) is 1. The van der Waals surface area contributed by atoms with E-state index >= 15 is 0 Å². The Morgan fingerprint density at radius 2 is 1.89 bits per heavy atom. The number of amides is 3. The lowest BCUT2D eigenvalue weighted by molar-refractivity contribution is -0.130. The molecule has 0 aliphatic heterocycles. The molecule has 0 saturated heterocycles. The molecule has 0 aromatic heterocycles. The third-order valence-corrected chi connectivity index (χ3v) is 4.30. The predicted octanol–water partition coefficient (Wildman–Crippen LogP) is 4.00. The van der Waals surface area contributed by atoms with Gasteiger partial charge in [0.2, 0.25) is 0 Å². The van der Waals surface area contributed by atoms with Crippen molar-refractivity contribution in [3.05, 3.63) is 58.6 Å². The summed E-state index contributed by atoms with van der Waals surface area (Å²) >= 11 is 6.17. The average Bonchev–Trinajstić information content (AvgIpc) is 2.61. The van der Waals surface area contributed by atoms with E-state index in [4.69, 9.17) is 16.3 Å². The molecule has 0 radical (unpaired) electrons. The van der Waals surface area contributed by atoms with Gasteiger partial charge >= 0.3 is 6.03 Å². The van der Waals surface area contributed by atoms with E-state index in [0.29, 0.717) is 16.5 Å². The summed E-state index contributed by atoms with van der Waals surface area (Å²) in [6.45, 7) is 3.65. The molecule has 0 heterocycles. The van der Waals surface area contributed by atoms with E-state index in [1.165, 1.54) is 4.90 Å². The Balaban J connectivity index is 2.06. The van der Waals surface area contributed by atoms with Crippen molar-refractivity contribution in [1.82, 2.24) is 10.2 Å². The monoisotopic (exact) mass is 389 g/mol. The molecule has 2 N–H and O–H groups in total. The maximum absolute atomic E-state index is 12.4. The second kappa shape index (κ2) is 9.28. The molecule has 27 heavy (non-hydrogen) atoms. The number of rotatable bonds is 6. The number of nitrogens with zero attached hydrogens (tertiary/aromatic N) is 1. The summed E-state index contributed by atoms with van der Waals surface area (Å²) in [5, 5.41) is 6.20. The van der Waals surface area contributed by atoms with Gasteiger partial charge in [-0.25, -0.2) is 4.79 Å². The molecule has 144 valence electrons. The van der Waals surface area contributed by atoms with Crippen molar-refractivity contribution in [3.8, 4) is 5.75 Å². The summed E-state index contributed by atoms with van der Waals surface area (Å²) in [6, 6.07) is 12.0. The van der Waals surface area contributed by atoms with Crippen molar-refractivity contribution in [2.24, 2.45) is 0 Å². The lowest BCUT2D eigenvalue weighted by Gasteiger charge is -2.18. The fraction of sp³-hybridized carbons (Fsp3) is 0.300. The molecular formula is C20H24ClN3O3. The molecule has 1 unspecified atom stereocenters. The van der Waals surface area contributed by atoms with Gasteiger partial charge in [-0.15, -0.1) is 0 Å². The molecule has 1 atom stereocenters. The number of carbonyl (C=O) groups excluding carboxylic acids is 2. The zero-order valence-corrected chi connectivity index (χ0v) is 16.6. The highest BCUT2D eigenvalue weighted by Crippen LogP contribution is 2.26. The first-order chi connectivity index (χ1) is 12.8. The van der Waals surface area contributed by atoms with E-state index in [0.717, 1.165) is 11.1 Å². The molecule has 0 fully saturated rings. The van der Waals surface area contributed by atoms with E-state index in [9.17, 15) is 9.59 Å². The Hall–Kier alpha value is -2.73. The van der Waals surface area contributed by atoms with Crippen LogP contribution >= 0.6 is 11.6 Å². The Labute approximate surface area is 164 Å². The summed E-state index contributed by atoms with van der Waals surface area (Å²) in [5.74, 6) is 0.269. The van der Waals surface area contributed by atoms with Crippen LogP contribution in [-0.4, -0.2) is 37.5 Å². The summed E-state index contributed by atoms with van der Waals surface area (Å²) in [4.78, 5) is 25.6. The summed E-state index contributed by atoms with van der Waals surface area (Å²) < 4.78 is 5.60. The Morgan fingerprint density at radius 1 is 1.19 bits per heavy atom. The standard InChI is InChI=1S/C20H24ClN3O3/c1-13-9-10-17(18(11-13)27-12-19(25)24(3)4)23-20(26)22-14(2)15-7-5-6-8-16(15)21/h5-11,14H,12H2,1-4H3,(H2,22,23,26). The van der Waals surface area contributed by atoms with Crippen LogP contribution in [-0.2, 0) is 4.79 Å². The SMILES string of the molecule is Cc1ccc(NC(=O)NC(C)c2ccccc2Cl)c(OCC(=O)N(C)C)c1. The molecule has 0 aliphatic carbocycles. The minimum absolute atomic E-state index is 0.108. The minimum Gasteiger partial charge on any atom is -0.482 e. The first-order valence-corrected chi connectivity index (χ1v) is 8.91. The van der Waals surface area contributed by atoms with Crippen molar-refractivity contribution < 1.29 is 14.3 Å². The van der Waals surface area contributed by atoms with Crippen LogP contribution in [0.2, 0.25) is 5.02 Å². The molecule has 0 aliphatic rings. The highest BCUT2D eigenvalue weighted by atomic mass is 35.5. The number of ether oxygens (including phenoxy) is 1. The third kappa shape index (κ3) is 5.89. The molecular weight excluding hydrogens is 366 g/mol. The van der Waals surface area contributed by atoms with Gasteiger partial charge < -0.3 is 20.3 Å². The normalized spacial score (nSPS) is 11.4. The van der Waals surface area contributed by atoms with Gasteiger partial charge in [-0.1, -0.05) is 35.9 Å². The second-order valence-corrected chi connectivity index (χ2v) is 6.83. The number of anilines is 1. The van der Waals surface area contributed by atoms with Gasteiger partial charge in [0.15, 0.2) is 6.61 Å². The molecule has 6 nitrogen and oxygen atoms in total. The van der Waals surface area contributed by atoms with Crippen LogP contribution in [0.3, 0.4) is 0 Å². The zero-order valence-electron chi connectivity index (χ0n) is 15.9. The third-order valence-electron chi connectivity index (χ3n) is 3.95. The van der Waals surface area contributed by atoms with Crippen LogP contribution in [0.5, 0.6) is 5.75 Å². The van der Waals surface area contributed by atoms with E-state index in [-0.39, 0.29) is 18.6 Å². The number of aryl methyl sites for hydroxylation is 1. The number of halogens is 1. The van der Waals surface area contributed by atoms with Gasteiger partial charge in [0.1, 0.15) is 5.75 Å². The predicted molar refractivity (Wildman–Crippen MR) is 107 cm³/mol. The second-order valence-electron chi connectivity index (χ2n) is 6.42. The largest absolute Gasteiger partial charge is 0.482 e. The van der Waals surface area contributed by atoms with Crippen LogP contribution in [0.1, 0.15) is 24.1 Å². The van der Waals surface area contributed by atoms with Gasteiger partial charge in [-0.3, -0.25) is 4.79 Å². The fourth-order valence-electron chi connectivity index (χ4n) is 2.38. The smallest absolute Gasteiger partial charge is 0.319 e. The van der Waals surface area contributed by atoms with Crippen molar-refractivity contribution in [3.63, 3.8) is 0 Å². The summed E-state index contributed by atoms with van der Waals surface area (Å²) in [7, 11) is 3.31. The first-order valence-electron chi connectivity index (χ1n) is 8.53. The first kappa shape index (κ1) is 20.6. The number of benzene rings is 2. The fourth-order valence-corrected chi connectivity index (χ4v) is 2.68.